The molecular weight excluding hydrogens is 586 g/mol. The Hall–Kier alpha value is -3.93. The first kappa shape index (κ1) is 30.0. The number of nitrogens with two attached hydrogens (primary N) is 1. The molecule has 4 rings (SSSR count). The van der Waals surface area contributed by atoms with E-state index in [9.17, 15) is 35.5 Å². The molecule has 8 nitrogen and oxygen atoms in total. The standard InChI is InChI=1S/C23H16F10N4O4/c1-39-21(27,22(28,29)30)19-36-35-17(40-19)12-6-16-13(7-14(12)24)20(25,26)8-15(34)18(38)37(16)9-10-2-4-11(5-3-10)41-23(31,32)33/h2-7,15H,8-9,34H2,1H3/t15-,21?/m0/s1. The van der Waals surface area contributed by atoms with E-state index < -0.39 is 89.4 Å². The van der Waals surface area contributed by atoms with Crippen LogP contribution in [-0.4, -0.2) is 41.8 Å². The molecule has 1 unspecified atom stereocenters. The number of fused-ring (bicyclic) bond motifs is 1. The lowest BCUT2D eigenvalue weighted by atomic mass is 9.99. The number of aromatic nitrogens is 2. The van der Waals surface area contributed by atoms with Crippen LogP contribution in [0.4, 0.5) is 49.6 Å². The van der Waals surface area contributed by atoms with E-state index in [4.69, 9.17) is 5.73 Å². The van der Waals surface area contributed by atoms with Crippen molar-refractivity contribution < 1.29 is 62.6 Å². The predicted octanol–water partition coefficient (Wildman–Crippen LogP) is 5.46. The Balaban J connectivity index is 1.80. The number of anilines is 1. The third kappa shape index (κ3) is 5.79. The summed E-state index contributed by atoms with van der Waals surface area (Å²) in [4.78, 5) is 13.7. The highest BCUT2D eigenvalue weighted by Crippen LogP contribution is 2.46. The summed E-state index contributed by atoms with van der Waals surface area (Å²) in [5.74, 6) is -14.6. The van der Waals surface area contributed by atoms with Gasteiger partial charge < -0.3 is 24.5 Å². The molecule has 0 saturated heterocycles. The first-order chi connectivity index (χ1) is 18.9. The van der Waals surface area contributed by atoms with Crippen molar-refractivity contribution in [2.45, 2.75) is 43.3 Å². The minimum absolute atomic E-state index is 0.0923. The average molecular weight is 602 g/mol. The van der Waals surface area contributed by atoms with Crippen LogP contribution in [0.15, 0.2) is 40.8 Å². The summed E-state index contributed by atoms with van der Waals surface area (Å²) in [6, 6.07) is 2.97. The second kappa shape index (κ2) is 10.2. The van der Waals surface area contributed by atoms with E-state index in [1.807, 2.05) is 0 Å². The zero-order chi connectivity index (χ0) is 30.5. The van der Waals surface area contributed by atoms with Gasteiger partial charge >= 0.3 is 18.4 Å². The Bertz CT molecular complexity index is 1440. The minimum Gasteiger partial charge on any atom is -0.415 e. The number of carbonyl (C=O) groups excluding carboxylic acids is 1. The number of benzene rings is 2. The lowest BCUT2D eigenvalue weighted by molar-refractivity contribution is -0.341. The van der Waals surface area contributed by atoms with Gasteiger partial charge in [-0.15, -0.1) is 23.4 Å². The summed E-state index contributed by atoms with van der Waals surface area (Å²) in [7, 11) is 0.344. The van der Waals surface area contributed by atoms with Crippen molar-refractivity contribution in [2.75, 3.05) is 12.0 Å². The van der Waals surface area contributed by atoms with Crippen molar-refractivity contribution >= 4 is 11.6 Å². The number of halogens is 10. The van der Waals surface area contributed by atoms with Gasteiger partial charge in [-0.25, -0.2) is 13.2 Å². The van der Waals surface area contributed by atoms with Crippen molar-refractivity contribution in [2.24, 2.45) is 5.73 Å². The van der Waals surface area contributed by atoms with Crippen LogP contribution in [-0.2, 0) is 27.9 Å². The number of alkyl halides is 9. The van der Waals surface area contributed by atoms with Gasteiger partial charge in [0.05, 0.1) is 23.8 Å². The van der Waals surface area contributed by atoms with E-state index in [-0.39, 0.29) is 11.6 Å². The van der Waals surface area contributed by atoms with E-state index in [2.05, 4.69) is 24.1 Å². The molecule has 2 aromatic carbocycles. The lowest BCUT2D eigenvalue weighted by Crippen LogP contribution is -2.43. The van der Waals surface area contributed by atoms with Crippen LogP contribution < -0.4 is 15.4 Å². The maximum absolute atomic E-state index is 15.1. The third-order valence-electron chi connectivity index (χ3n) is 5.90. The van der Waals surface area contributed by atoms with Crippen LogP contribution in [0.5, 0.6) is 5.75 Å². The highest BCUT2D eigenvalue weighted by molar-refractivity contribution is 5.99. The van der Waals surface area contributed by atoms with Crippen molar-refractivity contribution in [3.05, 3.63) is 59.2 Å². The summed E-state index contributed by atoms with van der Waals surface area (Å²) in [6.45, 7) is -0.576. The SMILES string of the molecule is COC(F)(c1nnc(-c2cc3c(cc2F)C(F)(F)C[C@H](N)C(=O)N3Cc2ccc(OC(F)(F)F)cc2)o1)C(F)(F)F. The molecule has 18 heteroatoms. The minimum atomic E-state index is -5.71. The molecule has 222 valence electrons. The van der Waals surface area contributed by atoms with Gasteiger partial charge in [-0.3, -0.25) is 4.79 Å². The van der Waals surface area contributed by atoms with Crippen LogP contribution in [0.1, 0.15) is 23.4 Å². The van der Waals surface area contributed by atoms with Gasteiger partial charge in [-0.05, 0) is 29.8 Å². The molecule has 0 fully saturated rings. The fourth-order valence-corrected chi connectivity index (χ4v) is 3.96. The number of ether oxygens (including phenoxy) is 2. The second-order valence-electron chi connectivity index (χ2n) is 8.69. The molecule has 1 aliphatic rings. The van der Waals surface area contributed by atoms with Crippen LogP contribution >= 0.6 is 0 Å². The van der Waals surface area contributed by atoms with Gasteiger partial charge in [-0.2, -0.15) is 17.6 Å². The normalized spacial score (nSPS) is 19.0. The molecule has 41 heavy (non-hydrogen) atoms. The Morgan fingerprint density at radius 3 is 2.27 bits per heavy atom. The van der Waals surface area contributed by atoms with Crippen LogP contribution in [0.3, 0.4) is 0 Å². The van der Waals surface area contributed by atoms with Crippen molar-refractivity contribution in [1.29, 1.82) is 0 Å². The average Bonchev–Trinajstić information content (AvgIpc) is 3.34. The monoisotopic (exact) mass is 602 g/mol. The molecule has 1 aliphatic heterocycles. The van der Waals surface area contributed by atoms with Crippen molar-refractivity contribution in [1.82, 2.24) is 10.2 Å². The molecule has 1 aromatic heterocycles. The molecule has 3 aromatic rings. The summed E-state index contributed by atoms with van der Waals surface area (Å²) < 4.78 is 149. The lowest BCUT2D eigenvalue weighted by Gasteiger charge is -2.25. The number of rotatable bonds is 6. The molecule has 0 aliphatic carbocycles. The quantitative estimate of drug-likeness (QED) is 0.374. The molecule has 0 radical (unpaired) electrons. The molecule has 2 heterocycles. The fourth-order valence-electron chi connectivity index (χ4n) is 3.96. The number of methoxy groups -OCH3 is 1. The molecule has 1 amide bonds. The van der Waals surface area contributed by atoms with Crippen LogP contribution in [0.25, 0.3) is 11.5 Å². The molecule has 2 N–H and O–H groups in total. The van der Waals surface area contributed by atoms with Crippen molar-refractivity contribution in [3.63, 3.8) is 0 Å². The topological polar surface area (TPSA) is 104 Å². The van der Waals surface area contributed by atoms with E-state index in [0.717, 1.165) is 24.3 Å². The molecule has 0 spiro atoms. The highest BCUT2D eigenvalue weighted by Gasteiger charge is 2.63. The van der Waals surface area contributed by atoms with E-state index >= 15 is 13.2 Å². The highest BCUT2D eigenvalue weighted by atomic mass is 19.4. The van der Waals surface area contributed by atoms with Crippen molar-refractivity contribution in [3.8, 4) is 17.2 Å². The molecule has 0 saturated carbocycles. The van der Waals surface area contributed by atoms with Gasteiger partial charge in [0, 0.05) is 19.1 Å². The number of hydrogen-bond donors (Lipinski definition) is 1. The number of hydrogen-bond acceptors (Lipinski definition) is 7. The molecule has 2 atom stereocenters. The maximum atomic E-state index is 15.1. The Morgan fingerprint density at radius 1 is 1.07 bits per heavy atom. The van der Waals surface area contributed by atoms with Crippen LogP contribution in [0, 0.1) is 5.82 Å². The second-order valence-corrected chi connectivity index (χ2v) is 8.69. The summed E-state index contributed by atoms with van der Waals surface area (Å²) in [6.07, 6.45) is -12.0. The van der Waals surface area contributed by atoms with E-state index in [1.165, 1.54) is 0 Å². The number of amides is 1. The molecule has 0 bridgehead atoms. The Kier molecular flexibility index (Phi) is 7.45. The Morgan fingerprint density at radius 2 is 1.71 bits per heavy atom. The summed E-state index contributed by atoms with van der Waals surface area (Å²) in [5.41, 5.74) is 3.12. The van der Waals surface area contributed by atoms with Crippen LogP contribution in [0.2, 0.25) is 0 Å². The first-order valence-corrected chi connectivity index (χ1v) is 11.1. The van der Waals surface area contributed by atoms with Gasteiger partial charge in [0.2, 0.25) is 5.91 Å². The summed E-state index contributed by atoms with van der Waals surface area (Å²) in [5, 5.41) is 6.07. The third-order valence-corrected chi connectivity index (χ3v) is 5.90. The zero-order valence-electron chi connectivity index (χ0n) is 20.3. The fraction of sp³-hybridized carbons (Fsp3) is 0.348. The van der Waals surface area contributed by atoms with E-state index in [0.29, 0.717) is 18.1 Å². The number of nitrogens with zero attached hydrogens (tertiary/aromatic N) is 3. The Labute approximate surface area is 222 Å². The smallest absolute Gasteiger partial charge is 0.415 e. The largest absolute Gasteiger partial charge is 0.573 e. The first-order valence-electron chi connectivity index (χ1n) is 11.1. The molecular formula is C23H16F10N4O4. The van der Waals surface area contributed by atoms with Gasteiger partial charge in [0.25, 0.3) is 17.7 Å². The van der Waals surface area contributed by atoms with E-state index in [1.54, 1.807) is 0 Å². The zero-order valence-corrected chi connectivity index (χ0v) is 20.3. The summed E-state index contributed by atoms with van der Waals surface area (Å²) >= 11 is 0. The van der Waals surface area contributed by atoms with Gasteiger partial charge in [0.15, 0.2) is 0 Å². The van der Waals surface area contributed by atoms with Gasteiger partial charge in [0.1, 0.15) is 11.6 Å². The predicted molar refractivity (Wildman–Crippen MR) is 116 cm³/mol. The van der Waals surface area contributed by atoms with Gasteiger partial charge in [-0.1, -0.05) is 12.1 Å². The number of carbonyl (C=O) groups is 1. The maximum Gasteiger partial charge on any atom is 0.573 e.